The Bertz CT molecular complexity index is 1060. The van der Waals surface area contributed by atoms with Crippen molar-refractivity contribution in [2.75, 3.05) is 43.4 Å². The van der Waals surface area contributed by atoms with Crippen molar-refractivity contribution in [3.8, 4) is 0 Å². The molecule has 0 bridgehead atoms. The Morgan fingerprint density at radius 1 is 1.19 bits per heavy atom. The van der Waals surface area contributed by atoms with E-state index in [1.54, 1.807) is 4.90 Å². The second-order valence-electron chi connectivity index (χ2n) is 8.02. The van der Waals surface area contributed by atoms with Crippen molar-refractivity contribution in [2.45, 2.75) is 20.4 Å². The van der Waals surface area contributed by atoms with Gasteiger partial charge in [0.1, 0.15) is 5.82 Å². The number of aromatic amines is 1. The fourth-order valence-electron chi connectivity index (χ4n) is 3.55. The number of anilines is 2. The molecule has 1 aliphatic rings. The highest BCUT2D eigenvalue weighted by atomic mass is 16.2. The maximum atomic E-state index is 13.2. The number of amides is 2. The maximum Gasteiger partial charge on any atom is 0.330 e. The number of H-pyrrole nitrogens is 1. The van der Waals surface area contributed by atoms with E-state index in [0.29, 0.717) is 13.1 Å². The summed E-state index contributed by atoms with van der Waals surface area (Å²) >= 11 is 0. The molecule has 0 atom stereocenters. The molecule has 0 radical (unpaired) electrons. The molecule has 3 rings (SSSR count). The SMILES string of the molecule is CC(C)CN(C(=O)CN1CCNC(=O)C1)c1c(N)n(Cc2ccccc2)c(=O)[nH]c1=O. The van der Waals surface area contributed by atoms with Crippen molar-refractivity contribution >= 4 is 23.3 Å². The minimum absolute atomic E-state index is 0.0309. The lowest BCUT2D eigenvalue weighted by Crippen LogP contribution is -2.52. The molecule has 2 aromatic rings. The number of nitrogens with one attached hydrogen (secondary N) is 2. The molecule has 1 saturated heterocycles. The number of hydrogen-bond donors (Lipinski definition) is 3. The normalized spacial score (nSPS) is 14.5. The van der Waals surface area contributed by atoms with Crippen LogP contribution in [0.4, 0.5) is 11.5 Å². The number of benzene rings is 1. The van der Waals surface area contributed by atoms with E-state index in [1.165, 1.54) is 9.47 Å². The van der Waals surface area contributed by atoms with Crippen LogP contribution in [0.15, 0.2) is 39.9 Å². The van der Waals surface area contributed by atoms with Crippen LogP contribution in [0.3, 0.4) is 0 Å². The number of carbonyl (C=O) groups excluding carboxylic acids is 2. The van der Waals surface area contributed by atoms with Gasteiger partial charge in [0.2, 0.25) is 11.8 Å². The Kier molecular flexibility index (Phi) is 6.91. The summed E-state index contributed by atoms with van der Waals surface area (Å²) in [5.41, 5.74) is 5.71. The second-order valence-corrected chi connectivity index (χ2v) is 8.02. The van der Waals surface area contributed by atoms with E-state index in [1.807, 2.05) is 44.2 Å². The van der Waals surface area contributed by atoms with Crippen molar-refractivity contribution < 1.29 is 9.59 Å². The first-order valence-electron chi connectivity index (χ1n) is 10.2. The standard InChI is InChI=1S/C21H28N6O4/c1-14(2)10-26(17(29)13-25-9-8-23-16(28)12-25)18-19(22)27(21(31)24-20(18)30)11-15-6-4-3-5-7-15/h3-7,14H,8-13,22H2,1-2H3,(H,23,28)(H,24,30,31). The van der Waals surface area contributed by atoms with Crippen molar-refractivity contribution in [1.82, 2.24) is 19.8 Å². The molecule has 166 valence electrons. The van der Waals surface area contributed by atoms with Crippen LogP contribution in [0.2, 0.25) is 0 Å². The van der Waals surface area contributed by atoms with E-state index in [9.17, 15) is 19.2 Å². The molecule has 4 N–H and O–H groups in total. The Labute approximate surface area is 179 Å². The molecule has 0 saturated carbocycles. The lowest BCUT2D eigenvalue weighted by atomic mass is 10.2. The number of nitrogens with two attached hydrogens (primary N) is 1. The fraction of sp³-hybridized carbons (Fsp3) is 0.429. The lowest BCUT2D eigenvalue weighted by molar-refractivity contribution is -0.126. The summed E-state index contributed by atoms with van der Waals surface area (Å²) in [5, 5.41) is 2.71. The zero-order valence-electron chi connectivity index (χ0n) is 17.8. The Balaban J connectivity index is 1.97. The first kappa shape index (κ1) is 22.3. The van der Waals surface area contributed by atoms with Crippen LogP contribution in [0.5, 0.6) is 0 Å². The minimum atomic E-state index is -0.711. The van der Waals surface area contributed by atoms with Crippen molar-refractivity contribution in [3.05, 3.63) is 56.7 Å². The first-order chi connectivity index (χ1) is 14.8. The average molecular weight is 428 g/mol. The molecular formula is C21H28N6O4. The Hall–Kier alpha value is -3.40. The smallest absolute Gasteiger partial charge is 0.330 e. The number of nitrogen functional groups attached to an aromatic ring is 1. The van der Waals surface area contributed by atoms with Crippen LogP contribution in [0, 0.1) is 5.92 Å². The topological polar surface area (TPSA) is 134 Å². The van der Waals surface area contributed by atoms with Gasteiger partial charge >= 0.3 is 5.69 Å². The first-order valence-corrected chi connectivity index (χ1v) is 10.2. The third-order valence-corrected chi connectivity index (χ3v) is 4.99. The molecule has 31 heavy (non-hydrogen) atoms. The molecular weight excluding hydrogens is 400 g/mol. The second kappa shape index (κ2) is 9.61. The van der Waals surface area contributed by atoms with E-state index < -0.39 is 11.2 Å². The van der Waals surface area contributed by atoms with Gasteiger partial charge in [-0.25, -0.2) is 4.79 Å². The minimum Gasteiger partial charge on any atom is -0.383 e. The molecule has 0 spiro atoms. The van der Waals surface area contributed by atoms with E-state index >= 15 is 0 Å². The summed E-state index contributed by atoms with van der Waals surface area (Å²) < 4.78 is 1.25. The molecule has 0 unspecified atom stereocenters. The average Bonchev–Trinajstić information content (AvgIpc) is 2.70. The number of rotatable bonds is 7. The summed E-state index contributed by atoms with van der Waals surface area (Å²) in [6.45, 7) is 5.31. The van der Waals surface area contributed by atoms with Crippen LogP contribution in [0.25, 0.3) is 0 Å². The van der Waals surface area contributed by atoms with E-state index in [0.717, 1.165) is 5.56 Å². The van der Waals surface area contributed by atoms with Gasteiger partial charge in [0, 0.05) is 19.6 Å². The molecule has 2 amide bonds. The van der Waals surface area contributed by atoms with Crippen LogP contribution < -0.4 is 27.2 Å². The zero-order valence-corrected chi connectivity index (χ0v) is 17.8. The maximum absolute atomic E-state index is 13.2. The van der Waals surface area contributed by atoms with Crippen molar-refractivity contribution in [3.63, 3.8) is 0 Å². The number of hydrogen-bond acceptors (Lipinski definition) is 6. The summed E-state index contributed by atoms with van der Waals surface area (Å²) in [6, 6.07) is 9.22. The van der Waals surface area contributed by atoms with Crippen LogP contribution in [-0.2, 0) is 16.1 Å². The van der Waals surface area contributed by atoms with Gasteiger partial charge in [-0.1, -0.05) is 44.2 Å². The molecule has 0 aliphatic carbocycles. The highest BCUT2D eigenvalue weighted by Crippen LogP contribution is 2.20. The number of piperazine rings is 1. The summed E-state index contributed by atoms with van der Waals surface area (Å²) in [6.07, 6.45) is 0. The highest BCUT2D eigenvalue weighted by Gasteiger charge is 2.27. The predicted octanol–water partition coefficient (Wildman–Crippen LogP) is -0.412. The summed E-state index contributed by atoms with van der Waals surface area (Å²) in [4.78, 5) is 55.3. The quantitative estimate of drug-likeness (QED) is 0.549. The monoisotopic (exact) mass is 428 g/mol. The van der Waals surface area contributed by atoms with Crippen molar-refractivity contribution in [1.29, 1.82) is 0 Å². The van der Waals surface area contributed by atoms with Gasteiger partial charge in [-0.15, -0.1) is 0 Å². The molecule has 10 heteroatoms. The van der Waals surface area contributed by atoms with E-state index in [2.05, 4.69) is 10.3 Å². The van der Waals surface area contributed by atoms with Crippen molar-refractivity contribution in [2.24, 2.45) is 5.92 Å². The molecule has 1 aromatic heterocycles. The van der Waals surface area contributed by atoms with Gasteiger partial charge in [0.15, 0.2) is 5.69 Å². The third kappa shape index (κ3) is 5.40. The summed E-state index contributed by atoms with van der Waals surface area (Å²) in [5.74, 6) is -0.529. The highest BCUT2D eigenvalue weighted by molar-refractivity contribution is 5.97. The molecule has 1 aromatic carbocycles. The fourth-order valence-corrected chi connectivity index (χ4v) is 3.55. The number of carbonyl (C=O) groups is 2. The van der Waals surface area contributed by atoms with Gasteiger partial charge in [-0.2, -0.15) is 0 Å². The molecule has 1 fully saturated rings. The van der Waals surface area contributed by atoms with Gasteiger partial charge in [-0.05, 0) is 11.5 Å². The largest absolute Gasteiger partial charge is 0.383 e. The predicted molar refractivity (Wildman–Crippen MR) is 118 cm³/mol. The molecule has 2 heterocycles. The molecule has 1 aliphatic heterocycles. The Morgan fingerprint density at radius 3 is 2.55 bits per heavy atom. The van der Waals surface area contributed by atoms with Gasteiger partial charge in [0.05, 0.1) is 19.6 Å². The Morgan fingerprint density at radius 2 is 1.90 bits per heavy atom. The summed E-state index contributed by atoms with van der Waals surface area (Å²) in [7, 11) is 0. The number of nitrogens with zero attached hydrogens (tertiary/aromatic N) is 3. The lowest BCUT2D eigenvalue weighted by Gasteiger charge is -2.30. The van der Waals surface area contributed by atoms with Gasteiger partial charge in [0.25, 0.3) is 5.56 Å². The van der Waals surface area contributed by atoms with Crippen LogP contribution in [0.1, 0.15) is 19.4 Å². The van der Waals surface area contributed by atoms with E-state index in [4.69, 9.17) is 5.73 Å². The number of aromatic nitrogens is 2. The van der Waals surface area contributed by atoms with Gasteiger partial charge in [-0.3, -0.25) is 28.8 Å². The van der Waals surface area contributed by atoms with Crippen LogP contribution >= 0.6 is 0 Å². The zero-order chi connectivity index (χ0) is 22.5. The van der Waals surface area contributed by atoms with Gasteiger partial charge < -0.3 is 16.0 Å². The van der Waals surface area contributed by atoms with E-state index in [-0.39, 0.29) is 55.4 Å². The van der Waals surface area contributed by atoms with Crippen LogP contribution in [-0.4, -0.2) is 59.0 Å². The molecule has 10 nitrogen and oxygen atoms in total. The third-order valence-electron chi connectivity index (χ3n) is 4.99.